The van der Waals surface area contributed by atoms with Crippen molar-refractivity contribution in [2.24, 2.45) is 34.5 Å². The quantitative estimate of drug-likeness (QED) is 0.289. The first kappa shape index (κ1) is 28.1. The number of rotatable bonds is 5. The molecule has 12 unspecified atom stereocenters. The Labute approximate surface area is 214 Å². The van der Waals surface area contributed by atoms with Gasteiger partial charge in [0, 0.05) is 17.3 Å². The van der Waals surface area contributed by atoms with E-state index < -0.39 is 69.8 Å². The van der Waals surface area contributed by atoms with E-state index in [4.69, 9.17) is 0 Å². The van der Waals surface area contributed by atoms with Crippen molar-refractivity contribution in [3.05, 3.63) is 11.6 Å². The lowest BCUT2D eigenvalue weighted by atomic mass is 9.44. The van der Waals surface area contributed by atoms with E-state index in [2.05, 4.69) is 0 Å². The molecule has 0 aromatic rings. The Morgan fingerprint density at radius 3 is 2.25 bits per heavy atom. The van der Waals surface area contributed by atoms with E-state index in [1.165, 1.54) is 6.08 Å². The highest BCUT2D eigenvalue weighted by molar-refractivity contribution is 5.95. The monoisotopic (exact) mass is 510 g/mol. The fourth-order valence-corrected chi connectivity index (χ4v) is 8.52. The maximum atomic E-state index is 13.3. The van der Waals surface area contributed by atoms with Crippen molar-refractivity contribution in [2.75, 3.05) is 0 Å². The Morgan fingerprint density at radius 2 is 1.67 bits per heavy atom. The van der Waals surface area contributed by atoms with Crippen molar-refractivity contribution in [1.29, 1.82) is 0 Å². The van der Waals surface area contributed by atoms with Crippen LogP contribution in [0.25, 0.3) is 0 Å². The Bertz CT molecular complexity index is 923. The number of aliphatic hydroxyl groups excluding tert-OH is 4. The number of ketones is 1. The fraction of sp³-hybridized carbons (Fsp3) is 0.893. The first-order valence-corrected chi connectivity index (χ1v) is 13.5. The van der Waals surface area contributed by atoms with Crippen LogP contribution in [0.2, 0.25) is 0 Å². The second-order valence-corrected chi connectivity index (χ2v) is 13.8. The molecule has 36 heavy (non-hydrogen) atoms. The molecule has 0 bridgehead atoms. The highest BCUT2D eigenvalue weighted by Gasteiger charge is 2.71. The summed E-state index contributed by atoms with van der Waals surface area (Å²) >= 11 is 0. The zero-order valence-corrected chi connectivity index (χ0v) is 22.5. The molecule has 8 heteroatoms. The molecule has 8 nitrogen and oxygen atoms in total. The van der Waals surface area contributed by atoms with E-state index in [1.54, 1.807) is 20.8 Å². The number of carbonyl (C=O) groups excluding carboxylic acids is 1. The number of hydrogen-bond donors (Lipinski definition) is 7. The van der Waals surface area contributed by atoms with Gasteiger partial charge in [-0.05, 0) is 88.2 Å². The highest BCUT2D eigenvalue weighted by Crippen LogP contribution is 2.68. The molecule has 0 saturated heterocycles. The van der Waals surface area contributed by atoms with Gasteiger partial charge in [-0.15, -0.1) is 0 Å². The summed E-state index contributed by atoms with van der Waals surface area (Å²) in [6.45, 7) is 10.4. The van der Waals surface area contributed by atoms with Crippen LogP contribution < -0.4 is 0 Å². The largest absolute Gasteiger partial charge is 0.392 e. The summed E-state index contributed by atoms with van der Waals surface area (Å²) in [6, 6.07) is 0. The van der Waals surface area contributed by atoms with Crippen LogP contribution in [0.4, 0.5) is 0 Å². The van der Waals surface area contributed by atoms with Gasteiger partial charge < -0.3 is 35.7 Å². The van der Waals surface area contributed by atoms with Gasteiger partial charge in [0.1, 0.15) is 0 Å². The van der Waals surface area contributed by atoms with Crippen LogP contribution in [0.15, 0.2) is 11.6 Å². The zero-order chi connectivity index (χ0) is 27.2. The molecule has 0 aromatic carbocycles. The minimum atomic E-state index is -1.61. The SMILES string of the molecule is CC(CC(O)C(C)(O)C1CCC2(O)C3=CC(=O)C4CC(O)C(O)CC4(C)C3C(O)CC12C)C(C)(C)O. The Morgan fingerprint density at radius 1 is 1.06 bits per heavy atom. The molecule has 0 aliphatic heterocycles. The zero-order valence-electron chi connectivity index (χ0n) is 22.5. The summed E-state index contributed by atoms with van der Waals surface area (Å²) in [5.41, 5.74) is -5.51. The van der Waals surface area contributed by atoms with E-state index in [1.807, 2.05) is 20.8 Å². The Hall–Kier alpha value is -0.870. The second-order valence-electron chi connectivity index (χ2n) is 13.8. The van der Waals surface area contributed by atoms with Gasteiger partial charge in [0.05, 0.1) is 41.2 Å². The van der Waals surface area contributed by atoms with Crippen LogP contribution in [0.1, 0.15) is 80.1 Å². The van der Waals surface area contributed by atoms with Gasteiger partial charge in [-0.2, -0.15) is 0 Å². The summed E-state index contributed by atoms with van der Waals surface area (Å²) in [5, 5.41) is 77.7. The maximum absolute atomic E-state index is 13.3. The highest BCUT2D eigenvalue weighted by atomic mass is 16.3. The third-order valence-corrected chi connectivity index (χ3v) is 11.2. The van der Waals surface area contributed by atoms with Gasteiger partial charge in [0.2, 0.25) is 0 Å². The standard InChI is InChI=1S/C28H46O8/c1-14(24(2,3)34)9-22(33)27(6,35)21-7-8-28(36)16-11-17(29)15-10-18(30)19(31)12-25(15,4)23(16)20(32)13-26(21,28)5/h11,14-15,18-23,30-36H,7-10,12-13H2,1-6H3. The second kappa shape index (κ2) is 8.57. The first-order chi connectivity index (χ1) is 16.3. The lowest BCUT2D eigenvalue weighted by Crippen LogP contribution is -2.66. The molecule has 0 radical (unpaired) electrons. The van der Waals surface area contributed by atoms with Crippen molar-refractivity contribution in [1.82, 2.24) is 0 Å². The van der Waals surface area contributed by atoms with E-state index >= 15 is 0 Å². The van der Waals surface area contributed by atoms with E-state index in [0.717, 1.165) is 0 Å². The lowest BCUT2D eigenvalue weighted by molar-refractivity contribution is -0.198. The van der Waals surface area contributed by atoms with Crippen molar-refractivity contribution in [2.45, 2.75) is 121 Å². The molecule has 0 spiro atoms. The topological polar surface area (TPSA) is 159 Å². The van der Waals surface area contributed by atoms with Gasteiger partial charge in [-0.25, -0.2) is 0 Å². The van der Waals surface area contributed by atoms with E-state index in [9.17, 15) is 40.5 Å². The molecular weight excluding hydrogens is 464 g/mol. The molecule has 0 heterocycles. The predicted molar refractivity (Wildman–Crippen MR) is 133 cm³/mol. The molecule has 3 fully saturated rings. The van der Waals surface area contributed by atoms with Crippen molar-refractivity contribution in [3.63, 3.8) is 0 Å². The average Bonchev–Trinajstić information content (AvgIpc) is 3.01. The van der Waals surface area contributed by atoms with Crippen LogP contribution in [0.3, 0.4) is 0 Å². The van der Waals surface area contributed by atoms with Crippen molar-refractivity contribution < 1.29 is 40.5 Å². The normalized spacial score (nSPS) is 48.2. The summed E-state index contributed by atoms with van der Waals surface area (Å²) in [7, 11) is 0. The van der Waals surface area contributed by atoms with Crippen LogP contribution in [-0.2, 0) is 4.79 Å². The number of hydrogen-bond acceptors (Lipinski definition) is 8. The molecule has 0 aromatic heterocycles. The molecule has 12 atom stereocenters. The number of aliphatic hydroxyl groups is 7. The summed E-state index contributed by atoms with van der Waals surface area (Å²) in [5.74, 6) is -2.21. The molecule has 4 aliphatic carbocycles. The van der Waals surface area contributed by atoms with Crippen molar-refractivity contribution in [3.8, 4) is 0 Å². The molecule has 7 N–H and O–H groups in total. The fourth-order valence-electron chi connectivity index (χ4n) is 8.52. The smallest absolute Gasteiger partial charge is 0.159 e. The van der Waals surface area contributed by atoms with Gasteiger partial charge in [0.25, 0.3) is 0 Å². The minimum absolute atomic E-state index is 0.113. The molecule has 206 valence electrons. The summed E-state index contributed by atoms with van der Waals surface area (Å²) < 4.78 is 0. The predicted octanol–water partition coefficient (Wildman–Crippen LogP) is 1.07. The summed E-state index contributed by atoms with van der Waals surface area (Å²) in [4.78, 5) is 13.3. The van der Waals surface area contributed by atoms with E-state index in [0.29, 0.717) is 12.0 Å². The number of carbonyl (C=O) groups is 1. The van der Waals surface area contributed by atoms with Crippen LogP contribution in [0, 0.1) is 34.5 Å². The number of allylic oxidation sites excluding steroid dienone is 1. The molecule has 3 saturated carbocycles. The third kappa shape index (κ3) is 3.86. The molecule has 0 amide bonds. The van der Waals surface area contributed by atoms with Gasteiger partial charge in [0.15, 0.2) is 5.78 Å². The van der Waals surface area contributed by atoms with Crippen LogP contribution in [0.5, 0.6) is 0 Å². The average molecular weight is 511 g/mol. The maximum Gasteiger partial charge on any atom is 0.159 e. The third-order valence-electron chi connectivity index (χ3n) is 11.2. The minimum Gasteiger partial charge on any atom is -0.392 e. The number of fused-ring (bicyclic) bond motifs is 5. The van der Waals surface area contributed by atoms with Gasteiger partial charge >= 0.3 is 0 Å². The van der Waals surface area contributed by atoms with Crippen LogP contribution in [-0.4, -0.2) is 82.7 Å². The van der Waals surface area contributed by atoms with Gasteiger partial charge in [-0.1, -0.05) is 20.8 Å². The first-order valence-electron chi connectivity index (χ1n) is 13.5. The molecule has 4 rings (SSSR count). The molecule has 4 aliphatic rings. The van der Waals surface area contributed by atoms with Crippen LogP contribution >= 0.6 is 0 Å². The van der Waals surface area contributed by atoms with Crippen molar-refractivity contribution >= 4 is 5.78 Å². The Kier molecular flexibility index (Phi) is 6.70. The Balaban J connectivity index is 1.71. The molecular formula is C28H46O8. The summed E-state index contributed by atoms with van der Waals surface area (Å²) in [6.07, 6.45) is -1.44. The van der Waals surface area contributed by atoms with Gasteiger partial charge in [-0.3, -0.25) is 4.79 Å². The van der Waals surface area contributed by atoms with E-state index in [-0.39, 0.29) is 43.8 Å². The lowest BCUT2D eigenvalue weighted by Gasteiger charge is -2.62.